The number of pyridine rings is 1. The summed E-state index contributed by atoms with van der Waals surface area (Å²) in [5, 5.41) is 3.70. The SMILES string of the molecule is CCc1nc2c(C)ccc(F)c2c(NC)c1C. The molecule has 90 valence electrons. The zero-order valence-electron chi connectivity index (χ0n) is 10.7. The number of aryl methyl sites for hydroxylation is 2. The van der Waals surface area contributed by atoms with Gasteiger partial charge in [0.25, 0.3) is 0 Å². The molecule has 17 heavy (non-hydrogen) atoms. The second kappa shape index (κ2) is 4.32. The number of hydrogen-bond donors (Lipinski definition) is 1. The van der Waals surface area contributed by atoms with Crippen LogP contribution in [0, 0.1) is 19.7 Å². The third-order valence-electron chi connectivity index (χ3n) is 3.22. The molecule has 2 aromatic rings. The molecule has 2 nitrogen and oxygen atoms in total. The number of benzene rings is 1. The van der Waals surface area contributed by atoms with Crippen LogP contribution in [-0.4, -0.2) is 12.0 Å². The first-order chi connectivity index (χ1) is 8.10. The number of nitrogens with zero attached hydrogens (tertiary/aromatic N) is 1. The number of anilines is 1. The maximum Gasteiger partial charge on any atom is 0.134 e. The molecule has 3 heteroatoms. The van der Waals surface area contributed by atoms with Gasteiger partial charge in [-0.05, 0) is 37.5 Å². The highest BCUT2D eigenvalue weighted by atomic mass is 19.1. The molecule has 1 aromatic heterocycles. The van der Waals surface area contributed by atoms with Gasteiger partial charge in [-0.25, -0.2) is 4.39 Å². The zero-order valence-corrected chi connectivity index (χ0v) is 10.7. The van der Waals surface area contributed by atoms with Gasteiger partial charge in [-0.2, -0.15) is 0 Å². The summed E-state index contributed by atoms with van der Waals surface area (Å²) in [5.74, 6) is -0.215. The molecule has 0 aliphatic heterocycles. The van der Waals surface area contributed by atoms with E-state index in [0.29, 0.717) is 5.39 Å². The lowest BCUT2D eigenvalue weighted by atomic mass is 10.0. The molecule has 0 aliphatic rings. The number of rotatable bonds is 2. The van der Waals surface area contributed by atoms with Crippen molar-refractivity contribution in [3.8, 4) is 0 Å². The van der Waals surface area contributed by atoms with Crippen molar-refractivity contribution in [3.05, 3.63) is 34.8 Å². The number of aromatic nitrogens is 1. The van der Waals surface area contributed by atoms with Crippen molar-refractivity contribution in [1.29, 1.82) is 0 Å². The van der Waals surface area contributed by atoms with E-state index in [1.54, 1.807) is 6.07 Å². The van der Waals surface area contributed by atoms with Crippen molar-refractivity contribution < 1.29 is 4.39 Å². The first kappa shape index (κ1) is 11.8. The highest BCUT2D eigenvalue weighted by Gasteiger charge is 2.14. The van der Waals surface area contributed by atoms with Crippen LogP contribution in [0.25, 0.3) is 10.9 Å². The largest absolute Gasteiger partial charge is 0.387 e. The van der Waals surface area contributed by atoms with E-state index in [4.69, 9.17) is 0 Å². The van der Waals surface area contributed by atoms with Gasteiger partial charge in [0.15, 0.2) is 0 Å². The number of nitrogens with one attached hydrogen (secondary N) is 1. The molecule has 0 bridgehead atoms. The normalized spacial score (nSPS) is 10.9. The van der Waals surface area contributed by atoms with E-state index >= 15 is 0 Å². The summed E-state index contributed by atoms with van der Waals surface area (Å²) < 4.78 is 13.9. The molecular weight excluding hydrogens is 215 g/mol. The minimum Gasteiger partial charge on any atom is -0.387 e. The molecule has 0 amide bonds. The molecule has 0 fully saturated rings. The molecule has 0 spiro atoms. The highest BCUT2D eigenvalue weighted by Crippen LogP contribution is 2.31. The quantitative estimate of drug-likeness (QED) is 0.855. The predicted octanol–water partition coefficient (Wildman–Crippen LogP) is 3.59. The summed E-state index contributed by atoms with van der Waals surface area (Å²) in [7, 11) is 1.82. The van der Waals surface area contributed by atoms with Crippen LogP contribution in [-0.2, 0) is 6.42 Å². The first-order valence-electron chi connectivity index (χ1n) is 5.86. The smallest absolute Gasteiger partial charge is 0.134 e. The van der Waals surface area contributed by atoms with Crippen LogP contribution < -0.4 is 5.32 Å². The van der Waals surface area contributed by atoms with Gasteiger partial charge >= 0.3 is 0 Å². The van der Waals surface area contributed by atoms with Crippen LogP contribution in [0.2, 0.25) is 0 Å². The van der Waals surface area contributed by atoms with Gasteiger partial charge in [-0.1, -0.05) is 13.0 Å². The second-order valence-electron chi connectivity index (χ2n) is 4.25. The van der Waals surface area contributed by atoms with Gasteiger partial charge < -0.3 is 5.32 Å². The lowest BCUT2D eigenvalue weighted by Crippen LogP contribution is -2.03. The molecule has 0 atom stereocenters. The number of halogens is 1. The fourth-order valence-electron chi connectivity index (χ4n) is 2.26. The number of hydrogen-bond acceptors (Lipinski definition) is 2. The Bertz CT molecular complexity index is 576. The molecule has 1 heterocycles. The van der Waals surface area contributed by atoms with Crippen LogP contribution in [0.5, 0.6) is 0 Å². The minimum absolute atomic E-state index is 0.215. The maximum atomic E-state index is 13.9. The highest BCUT2D eigenvalue weighted by molar-refractivity contribution is 5.95. The third kappa shape index (κ3) is 1.75. The predicted molar refractivity (Wildman–Crippen MR) is 70.1 cm³/mol. The zero-order chi connectivity index (χ0) is 12.6. The Kier molecular flexibility index (Phi) is 3.01. The van der Waals surface area contributed by atoms with E-state index in [1.165, 1.54) is 6.07 Å². The van der Waals surface area contributed by atoms with Crippen molar-refractivity contribution in [2.75, 3.05) is 12.4 Å². The summed E-state index contributed by atoms with van der Waals surface area (Å²) in [4.78, 5) is 4.58. The third-order valence-corrected chi connectivity index (χ3v) is 3.22. The summed E-state index contributed by atoms with van der Waals surface area (Å²) in [5.41, 5.74) is 4.68. The van der Waals surface area contributed by atoms with Gasteiger partial charge in [0, 0.05) is 12.7 Å². The van der Waals surface area contributed by atoms with E-state index in [9.17, 15) is 4.39 Å². The van der Waals surface area contributed by atoms with Crippen molar-refractivity contribution in [2.45, 2.75) is 27.2 Å². The second-order valence-corrected chi connectivity index (χ2v) is 4.25. The number of fused-ring (bicyclic) bond motifs is 1. The molecule has 0 saturated carbocycles. The summed E-state index contributed by atoms with van der Waals surface area (Å²) in [6.07, 6.45) is 0.854. The van der Waals surface area contributed by atoms with E-state index < -0.39 is 0 Å². The Morgan fingerprint density at radius 2 is 2.00 bits per heavy atom. The summed E-state index contributed by atoms with van der Waals surface area (Å²) in [6, 6.07) is 3.28. The summed E-state index contributed by atoms with van der Waals surface area (Å²) in [6.45, 7) is 6.01. The van der Waals surface area contributed by atoms with Crippen LogP contribution in [0.1, 0.15) is 23.7 Å². The van der Waals surface area contributed by atoms with Crippen molar-refractivity contribution in [1.82, 2.24) is 4.98 Å². The molecule has 0 aliphatic carbocycles. The molecule has 1 aromatic carbocycles. The molecule has 0 radical (unpaired) electrons. The van der Waals surface area contributed by atoms with E-state index in [2.05, 4.69) is 17.2 Å². The monoisotopic (exact) mass is 232 g/mol. The van der Waals surface area contributed by atoms with Gasteiger partial charge in [-0.15, -0.1) is 0 Å². The van der Waals surface area contributed by atoms with Gasteiger partial charge in [0.2, 0.25) is 0 Å². The first-order valence-corrected chi connectivity index (χ1v) is 5.86. The lowest BCUT2D eigenvalue weighted by Gasteiger charge is -2.15. The van der Waals surface area contributed by atoms with Crippen LogP contribution >= 0.6 is 0 Å². The summed E-state index contributed by atoms with van der Waals surface area (Å²) >= 11 is 0. The Morgan fingerprint density at radius 3 is 2.59 bits per heavy atom. The standard InChI is InChI=1S/C14H17FN2/c1-5-11-9(3)14(16-4)12-10(15)7-6-8(2)13(12)17-11/h6-7H,5H2,1-4H3,(H,16,17). The molecular formula is C14H17FN2. The van der Waals surface area contributed by atoms with Crippen LogP contribution in [0.3, 0.4) is 0 Å². The van der Waals surface area contributed by atoms with Gasteiger partial charge in [0.1, 0.15) is 5.82 Å². The molecule has 0 unspecified atom stereocenters. The Morgan fingerprint density at radius 1 is 1.29 bits per heavy atom. The average molecular weight is 232 g/mol. The Labute approximate surface area is 101 Å². The minimum atomic E-state index is -0.215. The van der Waals surface area contributed by atoms with Crippen LogP contribution in [0.4, 0.5) is 10.1 Å². The van der Waals surface area contributed by atoms with Crippen molar-refractivity contribution in [2.24, 2.45) is 0 Å². The van der Waals surface area contributed by atoms with Gasteiger partial charge in [0.05, 0.1) is 16.6 Å². The lowest BCUT2D eigenvalue weighted by molar-refractivity contribution is 0.639. The topological polar surface area (TPSA) is 24.9 Å². The molecule has 0 saturated heterocycles. The Balaban J connectivity index is 2.97. The molecule has 1 N–H and O–H groups in total. The fourth-order valence-corrected chi connectivity index (χ4v) is 2.26. The fraction of sp³-hybridized carbons (Fsp3) is 0.357. The van der Waals surface area contributed by atoms with Crippen molar-refractivity contribution in [3.63, 3.8) is 0 Å². The Hall–Kier alpha value is -1.64. The van der Waals surface area contributed by atoms with E-state index in [1.807, 2.05) is 20.9 Å². The van der Waals surface area contributed by atoms with Gasteiger partial charge in [-0.3, -0.25) is 4.98 Å². The average Bonchev–Trinajstić information content (AvgIpc) is 2.33. The van der Waals surface area contributed by atoms with Crippen molar-refractivity contribution >= 4 is 16.6 Å². The van der Waals surface area contributed by atoms with E-state index in [-0.39, 0.29) is 5.82 Å². The van der Waals surface area contributed by atoms with E-state index in [0.717, 1.165) is 34.4 Å². The maximum absolute atomic E-state index is 13.9. The van der Waals surface area contributed by atoms with Crippen LogP contribution in [0.15, 0.2) is 12.1 Å². The molecule has 2 rings (SSSR count).